The van der Waals surface area contributed by atoms with Crippen molar-refractivity contribution in [3.05, 3.63) is 59.2 Å². The number of hydrogen-bond acceptors (Lipinski definition) is 5. The Kier molecular flexibility index (Phi) is 6.81. The van der Waals surface area contributed by atoms with Crippen molar-refractivity contribution in [2.24, 2.45) is 11.5 Å². The zero-order chi connectivity index (χ0) is 22.4. The van der Waals surface area contributed by atoms with Crippen LogP contribution in [0.2, 0.25) is 0 Å². The van der Waals surface area contributed by atoms with Gasteiger partial charge in [-0.3, -0.25) is 10.8 Å². The SMILES string of the molecule is N=C(N)NCCOc1ccc(C(Oc2ccc3c(c2)CN(C(=N)N)CC3)C(=O)O)cc1. The van der Waals surface area contributed by atoms with Crippen molar-refractivity contribution in [3.63, 3.8) is 0 Å². The van der Waals surface area contributed by atoms with Crippen LogP contribution < -0.4 is 26.3 Å². The van der Waals surface area contributed by atoms with Gasteiger partial charge in [-0.25, -0.2) is 4.79 Å². The molecule has 0 saturated heterocycles. The quantitative estimate of drug-likeness (QED) is 0.206. The molecule has 8 N–H and O–H groups in total. The molecule has 2 aromatic carbocycles. The number of nitrogens with zero attached hydrogens (tertiary/aromatic N) is 1. The number of ether oxygens (including phenoxy) is 2. The summed E-state index contributed by atoms with van der Waals surface area (Å²) in [5.41, 5.74) is 13.4. The molecule has 0 bridgehead atoms. The van der Waals surface area contributed by atoms with Gasteiger partial charge in [0.1, 0.15) is 18.1 Å². The monoisotopic (exact) mass is 426 g/mol. The van der Waals surface area contributed by atoms with E-state index in [1.165, 1.54) is 0 Å². The van der Waals surface area contributed by atoms with Gasteiger partial charge in [0.2, 0.25) is 6.10 Å². The topological polar surface area (TPSA) is 171 Å². The van der Waals surface area contributed by atoms with Crippen LogP contribution in [-0.2, 0) is 17.8 Å². The van der Waals surface area contributed by atoms with Crippen LogP contribution in [0.25, 0.3) is 0 Å². The lowest BCUT2D eigenvalue weighted by Crippen LogP contribution is -2.40. The average Bonchev–Trinajstić information content (AvgIpc) is 2.74. The lowest BCUT2D eigenvalue weighted by Gasteiger charge is -2.29. The standard InChI is InChI=1S/C21H26N6O4/c22-20(23)26-8-10-30-16-4-2-14(3-5-16)18(19(28)29)31-17-6-1-13-7-9-27(21(24)25)12-15(13)11-17/h1-6,11,18H,7-10,12H2,(H3,24,25)(H,28,29)(H4,22,23,26). The molecule has 10 nitrogen and oxygen atoms in total. The zero-order valence-electron chi connectivity index (χ0n) is 16.9. The Morgan fingerprint density at radius 2 is 1.84 bits per heavy atom. The molecule has 31 heavy (non-hydrogen) atoms. The fourth-order valence-electron chi connectivity index (χ4n) is 3.30. The molecule has 1 unspecified atom stereocenters. The number of fused-ring (bicyclic) bond motifs is 1. The van der Waals surface area contributed by atoms with E-state index in [2.05, 4.69) is 5.32 Å². The molecule has 0 saturated carbocycles. The highest BCUT2D eigenvalue weighted by Gasteiger charge is 2.23. The molecule has 0 spiro atoms. The maximum absolute atomic E-state index is 11.8. The molecular formula is C21H26N6O4. The molecule has 1 aliphatic heterocycles. The van der Waals surface area contributed by atoms with Gasteiger partial charge in [0.15, 0.2) is 11.9 Å². The fraction of sp³-hybridized carbons (Fsp3) is 0.286. The van der Waals surface area contributed by atoms with Crippen molar-refractivity contribution >= 4 is 17.9 Å². The molecule has 0 fully saturated rings. The van der Waals surface area contributed by atoms with Crippen LogP contribution in [0.1, 0.15) is 22.8 Å². The first-order chi connectivity index (χ1) is 14.8. The Hall–Kier alpha value is -3.95. The maximum atomic E-state index is 11.8. The normalized spacial score (nSPS) is 13.6. The minimum Gasteiger partial charge on any atom is -0.492 e. The molecule has 0 amide bonds. The largest absolute Gasteiger partial charge is 0.492 e. The number of hydrogen-bond donors (Lipinski definition) is 6. The highest BCUT2D eigenvalue weighted by atomic mass is 16.5. The van der Waals surface area contributed by atoms with Crippen molar-refractivity contribution in [2.75, 3.05) is 19.7 Å². The molecule has 1 heterocycles. The number of nitrogens with two attached hydrogens (primary N) is 2. The van der Waals surface area contributed by atoms with Crippen molar-refractivity contribution in [1.29, 1.82) is 10.8 Å². The molecule has 164 valence electrons. The van der Waals surface area contributed by atoms with Crippen LogP contribution in [0.4, 0.5) is 0 Å². The second kappa shape index (κ2) is 9.70. The van der Waals surface area contributed by atoms with Crippen molar-refractivity contribution in [3.8, 4) is 11.5 Å². The average molecular weight is 426 g/mol. The van der Waals surface area contributed by atoms with Crippen molar-refractivity contribution < 1.29 is 19.4 Å². The summed E-state index contributed by atoms with van der Waals surface area (Å²) >= 11 is 0. The predicted molar refractivity (Wildman–Crippen MR) is 115 cm³/mol. The Morgan fingerprint density at radius 1 is 1.13 bits per heavy atom. The highest BCUT2D eigenvalue weighted by molar-refractivity contribution is 5.76. The molecule has 10 heteroatoms. The fourth-order valence-corrected chi connectivity index (χ4v) is 3.30. The number of guanidine groups is 2. The lowest BCUT2D eigenvalue weighted by molar-refractivity contribution is -0.145. The maximum Gasteiger partial charge on any atom is 0.349 e. The number of rotatable bonds is 8. The summed E-state index contributed by atoms with van der Waals surface area (Å²) < 4.78 is 11.3. The molecule has 0 radical (unpaired) electrons. The van der Waals surface area contributed by atoms with E-state index in [-0.39, 0.29) is 11.9 Å². The van der Waals surface area contributed by atoms with Gasteiger partial charge in [-0.1, -0.05) is 18.2 Å². The number of carbonyl (C=O) groups is 1. The van der Waals surface area contributed by atoms with Crippen molar-refractivity contribution in [1.82, 2.24) is 10.2 Å². The van der Waals surface area contributed by atoms with E-state index in [9.17, 15) is 9.90 Å². The highest BCUT2D eigenvalue weighted by Crippen LogP contribution is 2.28. The van der Waals surface area contributed by atoms with Gasteiger partial charge in [0.25, 0.3) is 0 Å². The second-order valence-corrected chi connectivity index (χ2v) is 7.08. The lowest BCUT2D eigenvalue weighted by atomic mass is 9.99. The van der Waals surface area contributed by atoms with E-state index >= 15 is 0 Å². The number of aliphatic carboxylic acids is 1. The van der Waals surface area contributed by atoms with Crippen LogP contribution >= 0.6 is 0 Å². The zero-order valence-corrected chi connectivity index (χ0v) is 16.9. The third-order valence-corrected chi connectivity index (χ3v) is 4.88. The Bertz CT molecular complexity index is 963. The summed E-state index contributed by atoms with van der Waals surface area (Å²) in [5, 5.41) is 27.0. The van der Waals surface area contributed by atoms with E-state index in [0.29, 0.717) is 43.3 Å². The Morgan fingerprint density at radius 3 is 2.48 bits per heavy atom. The Labute approximate surface area is 179 Å². The first-order valence-electron chi connectivity index (χ1n) is 9.74. The predicted octanol–water partition coefficient (Wildman–Crippen LogP) is 1.00. The van der Waals surface area contributed by atoms with Crippen LogP contribution in [0, 0.1) is 10.8 Å². The van der Waals surface area contributed by atoms with Gasteiger partial charge in [-0.05, 0) is 41.8 Å². The molecule has 3 rings (SSSR count). The van der Waals surface area contributed by atoms with Gasteiger partial charge in [-0.15, -0.1) is 0 Å². The van der Waals surface area contributed by atoms with E-state index in [1.807, 2.05) is 6.07 Å². The molecule has 1 aliphatic rings. The second-order valence-electron chi connectivity index (χ2n) is 7.08. The first-order valence-corrected chi connectivity index (χ1v) is 9.74. The minimum absolute atomic E-state index is 0.0137. The van der Waals surface area contributed by atoms with Crippen LogP contribution in [0.15, 0.2) is 42.5 Å². The van der Waals surface area contributed by atoms with E-state index in [0.717, 1.165) is 17.5 Å². The Balaban J connectivity index is 1.68. The summed E-state index contributed by atoms with van der Waals surface area (Å²) in [6, 6.07) is 12.1. The summed E-state index contributed by atoms with van der Waals surface area (Å²) in [7, 11) is 0. The molecule has 0 aliphatic carbocycles. The van der Waals surface area contributed by atoms with Gasteiger partial charge in [-0.2, -0.15) is 0 Å². The molecule has 1 atom stereocenters. The number of nitrogens with one attached hydrogen (secondary N) is 3. The van der Waals surface area contributed by atoms with Gasteiger partial charge in [0, 0.05) is 18.7 Å². The van der Waals surface area contributed by atoms with Gasteiger partial charge >= 0.3 is 5.97 Å². The summed E-state index contributed by atoms with van der Waals surface area (Å²) in [5.74, 6) is -0.220. The minimum atomic E-state index is -1.18. The third kappa shape index (κ3) is 5.78. The van der Waals surface area contributed by atoms with Crippen molar-refractivity contribution in [2.45, 2.75) is 19.1 Å². The molecule has 0 aromatic heterocycles. The number of carboxylic acids is 1. The third-order valence-electron chi connectivity index (χ3n) is 4.88. The smallest absolute Gasteiger partial charge is 0.349 e. The van der Waals surface area contributed by atoms with E-state index < -0.39 is 12.1 Å². The summed E-state index contributed by atoms with van der Waals surface area (Å²) in [6.07, 6.45) is -0.417. The van der Waals surface area contributed by atoms with Gasteiger partial charge in [0.05, 0.1) is 6.54 Å². The van der Waals surface area contributed by atoms with Crippen LogP contribution in [-0.4, -0.2) is 47.6 Å². The number of benzene rings is 2. The number of carboxylic acid groups (broad SMARTS) is 1. The van der Waals surface area contributed by atoms with Gasteiger partial charge < -0.3 is 36.3 Å². The first kappa shape index (κ1) is 21.8. The van der Waals surface area contributed by atoms with Crippen LogP contribution in [0.5, 0.6) is 11.5 Å². The van der Waals surface area contributed by atoms with E-state index in [1.54, 1.807) is 41.3 Å². The van der Waals surface area contributed by atoms with E-state index in [4.69, 9.17) is 31.8 Å². The van der Waals surface area contributed by atoms with Crippen LogP contribution in [0.3, 0.4) is 0 Å². The molecular weight excluding hydrogens is 400 g/mol. The summed E-state index contributed by atoms with van der Waals surface area (Å²) in [6.45, 7) is 1.87. The summed E-state index contributed by atoms with van der Waals surface area (Å²) in [4.78, 5) is 13.6. The molecule has 2 aromatic rings.